The van der Waals surface area contributed by atoms with Crippen LogP contribution in [0.4, 0.5) is 11.4 Å². The van der Waals surface area contributed by atoms with E-state index < -0.39 is 4.92 Å². The number of carbonyl (C=O) groups is 1. The lowest BCUT2D eigenvalue weighted by Gasteiger charge is -2.16. The molecule has 0 atom stereocenters. The summed E-state index contributed by atoms with van der Waals surface area (Å²) in [6.07, 6.45) is 0.725. The van der Waals surface area contributed by atoms with Gasteiger partial charge in [0.2, 0.25) is 0 Å². The quantitative estimate of drug-likeness (QED) is 0.582. The zero-order valence-electron chi connectivity index (χ0n) is 9.38. The summed E-state index contributed by atoms with van der Waals surface area (Å²) in [7, 11) is 1.45. The minimum absolute atomic E-state index is 0.000803. The summed E-state index contributed by atoms with van der Waals surface area (Å²) >= 11 is 0. The molecule has 1 amide bonds. The molecule has 2 rings (SSSR count). The van der Waals surface area contributed by atoms with Crippen molar-refractivity contribution in [1.82, 2.24) is 0 Å². The molecule has 0 aliphatic carbocycles. The Labute approximate surface area is 97.9 Å². The summed E-state index contributed by atoms with van der Waals surface area (Å²) in [5.74, 6) is -0.174. The normalized spacial score (nSPS) is 13.6. The first kappa shape index (κ1) is 11.5. The Balaban J connectivity index is 2.32. The van der Waals surface area contributed by atoms with Crippen LogP contribution in [0.5, 0.6) is 0 Å². The highest BCUT2D eigenvalue weighted by molar-refractivity contribution is 5.96. The van der Waals surface area contributed by atoms with Crippen molar-refractivity contribution in [3.63, 3.8) is 0 Å². The van der Waals surface area contributed by atoms with E-state index in [0.29, 0.717) is 12.2 Å². The average molecular weight is 236 g/mol. The van der Waals surface area contributed by atoms with Gasteiger partial charge in [-0.3, -0.25) is 14.9 Å². The molecule has 1 aromatic carbocycles. The maximum atomic E-state index is 11.7. The Morgan fingerprint density at radius 2 is 2.35 bits per heavy atom. The fraction of sp³-hybridized carbons (Fsp3) is 0.364. The van der Waals surface area contributed by atoms with E-state index in [9.17, 15) is 14.9 Å². The van der Waals surface area contributed by atoms with Gasteiger partial charge in [0.05, 0.1) is 10.6 Å². The summed E-state index contributed by atoms with van der Waals surface area (Å²) in [5.41, 5.74) is 1.59. The van der Waals surface area contributed by atoms with E-state index in [1.54, 1.807) is 6.07 Å². The first-order valence-electron chi connectivity index (χ1n) is 5.20. The predicted molar refractivity (Wildman–Crippen MR) is 61.0 cm³/mol. The number of carbonyl (C=O) groups excluding carboxylic acids is 1. The van der Waals surface area contributed by atoms with Crippen LogP contribution in [0.1, 0.15) is 5.56 Å². The third kappa shape index (κ3) is 2.12. The van der Waals surface area contributed by atoms with Gasteiger partial charge >= 0.3 is 0 Å². The molecule has 17 heavy (non-hydrogen) atoms. The first-order valence-corrected chi connectivity index (χ1v) is 5.20. The van der Waals surface area contributed by atoms with E-state index in [4.69, 9.17) is 4.74 Å². The number of amides is 1. The maximum Gasteiger partial charge on any atom is 0.271 e. The molecule has 1 aliphatic rings. The highest BCUT2D eigenvalue weighted by atomic mass is 16.6. The molecule has 6 heteroatoms. The number of fused-ring (bicyclic) bond motifs is 1. The molecule has 1 aliphatic heterocycles. The lowest BCUT2D eigenvalue weighted by Crippen LogP contribution is -2.32. The molecular weight excluding hydrogens is 224 g/mol. The van der Waals surface area contributed by atoms with Crippen LogP contribution >= 0.6 is 0 Å². The number of hydrogen-bond acceptors (Lipinski definition) is 4. The topological polar surface area (TPSA) is 72.7 Å². The molecule has 1 aromatic rings. The molecule has 0 aromatic heterocycles. The van der Waals surface area contributed by atoms with Gasteiger partial charge in [-0.15, -0.1) is 0 Å². The Bertz CT molecular complexity index is 473. The number of anilines is 1. The minimum Gasteiger partial charge on any atom is -0.375 e. The van der Waals surface area contributed by atoms with E-state index in [0.717, 1.165) is 12.0 Å². The monoisotopic (exact) mass is 236 g/mol. The molecule has 90 valence electrons. The second kappa shape index (κ2) is 4.50. The third-order valence-corrected chi connectivity index (χ3v) is 2.74. The largest absolute Gasteiger partial charge is 0.375 e. The Kier molecular flexibility index (Phi) is 3.06. The predicted octanol–water partition coefficient (Wildman–Crippen LogP) is 1.13. The minimum atomic E-state index is -0.461. The molecule has 0 unspecified atom stereocenters. The number of nitro benzene ring substituents is 1. The van der Waals surface area contributed by atoms with Crippen molar-refractivity contribution in [2.45, 2.75) is 6.42 Å². The van der Waals surface area contributed by atoms with Crippen LogP contribution in [-0.4, -0.2) is 31.1 Å². The SMILES string of the molecule is COCC(=O)N1CCc2ccc([N+](=O)[O-])cc21. The lowest BCUT2D eigenvalue weighted by molar-refractivity contribution is -0.384. The number of non-ortho nitro benzene ring substituents is 1. The van der Waals surface area contributed by atoms with Gasteiger partial charge in [-0.05, 0) is 12.0 Å². The smallest absolute Gasteiger partial charge is 0.271 e. The molecule has 0 saturated carbocycles. The van der Waals surface area contributed by atoms with E-state index in [1.165, 1.54) is 24.1 Å². The Hall–Kier alpha value is -1.95. The van der Waals surface area contributed by atoms with Gasteiger partial charge in [0.25, 0.3) is 11.6 Å². The van der Waals surface area contributed by atoms with Gasteiger partial charge in [0.15, 0.2) is 0 Å². The van der Waals surface area contributed by atoms with Crippen molar-refractivity contribution < 1.29 is 14.5 Å². The third-order valence-electron chi connectivity index (χ3n) is 2.74. The van der Waals surface area contributed by atoms with E-state index >= 15 is 0 Å². The van der Waals surface area contributed by atoms with Crippen LogP contribution in [0.2, 0.25) is 0 Å². The fourth-order valence-corrected chi connectivity index (χ4v) is 1.94. The van der Waals surface area contributed by atoms with Crippen molar-refractivity contribution in [2.24, 2.45) is 0 Å². The summed E-state index contributed by atoms with van der Waals surface area (Å²) in [4.78, 5) is 23.5. The average Bonchev–Trinajstić information content (AvgIpc) is 2.71. The number of benzene rings is 1. The van der Waals surface area contributed by atoms with Gasteiger partial charge < -0.3 is 9.64 Å². The number of nitrogens with zero attached hydrogens (tertiary/aromatic N) is 2. The number of nitro groups is 1. The molecule has 6 nitrogen and oxygen atoms in total. The van der Waals surface area contributed by atoms with E-state index in [-0.39, 0.29) is 18.2 Å². The number of rotatable bonds is 3. The summed E-state index contributed by atoms with van der Waals surface area (Å²) < 4.78 is 4.78. The molecule has 0 spiro atoms. The van der Waals surface area contributed by atoms with Crippen molar-refractivity contribution in [1.29, 1.82) is 0 Å². The number of methoxy groups -OCH3 is 1. The second-order valence-corrected chi connectivity index (χ2v) is 3.80. The highest BCUT2D eigenvalue weighted by Crippen LogP contribution is 2.31. The van der Waals surface area contributed by atoms with Crippen molar-refractivity contribution in [2.75, 3.05) is 25.2 Å². The van der Waals surface area contributed by atoms with Crippen molar-refractivity contribution in [3.8, 4) is 0 Å². The van der Waals surface area contributed by atoms with Gasteiger partial charge in [0, 0.05) is 25.8 Å². The second-order valence-electron chi connectivity index (χ2n) is 3.80. The molecular formula is C11H12N2O4. The summed E-state index contributed by atoms with van der Waals surface area (Å²) in [6, 6.07) is 4.60. The van der Waals surface area contributed by atoms with Crippen molar-refractivity contribution in [3.05, 3.63) is 33.9 Å². The van der Waals surface area contributed by atoms with Gasteiger partial charge in [-0.25, -0.2) is 0 Å². The molecule has 0 radical (unpaired) electrons. The molecule has 0 saturated heterocycles. The van der Waals surface area contributed by atoms with Gasteiger partial charge in [-0.1, -0.05) is 6.07 Å². The van der Waals surface area contributed by atoms with Crippen LogP contribution in [0, 0.1) is 10.1 Å². The molecule has 1 heterocycles. The standard InChI is InChI=1S/C11H12N2O4/c1-17-7-11(14)12-5-4-8-2-3-9(13(15)16)6-10(8)12/h2-3,6H,4-5,7H2,1H3. The molecule has 0 bridgehead atoms. The molecule has 0 fully saturated rings. The van der Waals surface area contributed by atoms with Crippen LogP contribution in [0.15, 0.2) is 18.2 Å². The summed E-state index contributed by atoms with van der Waals surface area (Å²) in [5, 5.41) is 10.7. The number of hydrogen-bond donors (Lipinski definition) is 0. The van der Waals surface area contributed by atoms with Crippen molar-refractivity contribution >= 4 is 17.3 Å². The van der Waals surface area contributed by atoms with E-state index in [1.807, 2.05) is 0 Å². The van der Waals surface area contributed by atoms with Crippen LogP contribution in [-0.2, 0) is 16.0 Å². The van der Waals surface area contributed by atoms with E-state index in [2.05, 4.69) is 0 Å². The first-order chi connectivity index (χ1) is 8.13. The van der Waals surface area contributed by atoms with Gasteiger partial charge in [-0.2, -0.15) is 0 Å². The molecule has 0 N–H and O–H groups in total. The number of ether oxygens (including phenoxy) is 1. The van der Waals surface area contributed by atoms with Crippen LogP contribution in [0.3, 0.4) is 0 Å². The summed E-state index contributed by atoms with van der Waals surface area (Å²) in [6.45, 7) is 0.542. The zero-order valence-corrected chi connectivity index (χ0v) is 9.38. The van der Waals surface area contributed by atoms with Crippen LogP contribution in [0.25, 0.3) is 0 Å². The maximum absolute atomic E-state index is 11.7. The van der Waals surface area contributed by atoms with Gasteiger partial charge in [0.1, 0.15) is 6.61 Å². The van der Waals surface area contributed by atoms with Crippen LogP contribution < -0.4 is 4.90 Å². The zero-order chi connectivity index (χ0) is 12.4. The Morgan fingerprint density at radius 1 is 1.59 bits per heavy atom. The Morgan fingerprint density at radius 3 is 3.00 bits per heavy atom. The lowest BCUT2D eigenvalue weighted by atomic mass is 10.1. The fourth-order valence-electron chi connectivity index (χ4n) is 1.94. The highest BCUT2D eigenvalue weighted by Gasteiger charge is 2.26.